The van der Waals surface area contributed by atoms with Crippen LogP contribution in [0, 0.1) is 5.82 Å². The van der Waals surface area contributed by atoms with Crippen molar-refractivity contribution in [3.8, 4) is 5.75 Å². The normalized spacial score (nSPS) is 11.4. The molecular formula is C11H10F4O2. The summed E-state index contributed by atoms with van der Waals surface area (Å²) >= 11 is 0. The number of alkyl halides is 3. The summed E-state index contributed by atoms with van der Waals surface area (Å²) in [4.78, 5) is 11.0. The monoisotopic (exact) mass is 250 g/mol. The lowest BCUT2D eigenvalue weighted by atomic mass is 10.1. The molecule has 0 heterocycles. The molecule has 17 heavy (non-hydrogen) atoms. The summed E-state index contributed by atoms with van der Waals surface area (Å²) in [5, 5.41) is 0. The minimum Gasteiger partial charge on any atom is -0.491 e. The van der Waals surface area contributed by atoms with Crippen LogP contribution >= 0.6 is 0 Å². The molecule has 6 heteroatoms. The number of carbonyl (C=O) groups excluding carboxylic acids is 1. The van der Waals surface area contributed by atoms with Crippen LogP contribution < -0.4 is 4.74 Å². The molecule has 0 aliphatic rings. The smallest absolute Gasteiger partial charge is 0.419 e. The van der Waals surface area contributed by atoms with Crippen LogP contribution in [0.1, 0.15) is 29.8 Å². The summed E-state index contributed by atoms with van der Waals surface area (Å²) in [6.45, 7) is 2.62. The topological polar surface area (TPSA) is 26.3 Å². The van der Waals surface area contributed by atoms with E-state index in [1.807, 2.05) is 0 Å². The molecule has 0 fully saturated rings. The molecule has 0 N–H and O–H groups in total. The van der Waals surface area contributed by atoms with E-state index < -0.39 is 29.1 Å². The number of hydrogen-bond donors (Lipinski definition) is 0. The van der Waals surface area contributed by atoms with E-state index in [1.165, 1.54) is 6.92 Å². The highest BCUT2D eigenvalue weighted by atomic mass is 19.4. The van der Waals surface area contributed by atoms with Crippen LogP contribution in [-0.4, -0.2) is 12.4 Å². The van der Waals surface area contributed by atoms with Crippen molar-refractivity contribution in [2.45, 2.75) is 20.0 Å². The molecule has 0 aromatic heterocycles. The molecule has 0 spiro atoms. The van der Waals surface area contributed by atoms with Gasteiger partial charge in [0.25, 0.3) is 0 Å². The Labute approximate surface area is 95.2 Å². The van der Waals surface area contributed by atoms with Gasteiger partial charge in [-0.2, -0.15) is 13.2 Å². The highest BCUT2D eigenvalue weighted by Gasteiger charge is 2.36. The molecular weight excluding hydrogens is 240 g/mol. The third-order valence-corrected chi connectivity index (χ3v) is 2.05. The van der Waals surface area contributed by atoms with Gasteiger partial charge in [-0.05, 0) is 26.0 Å². The Bertz CT molecular complexity index is 438. The zero-order chi connectivity index (χ0) is 13.2. The molecule has 1 aromatic rings. The average molecular weight is 250 g/mol. The fourth-order valence-electron chi connectivity index (χ4n) is 1.27. The van der Waals surface area contributed by atoms with Crippen molar-refractivity contribution >= 4 is 5.78 Å². The Kier molecular flexibility index (Phi) is 3.75. The van der Waals surface area contributed by atoms with Crippen molar-refractivity contribution in [3.05, 3.63) is 29.1 Å². The first kappa shape index (κ1) is 13.5. The van der Waals surface area contributed by atoms with Gasteiger partial charge in [-0.1, -0.05) is 0 Å². The number of ketones is 1. The van der Waals surface area contributed by atoms with Crippen molar-refractivity contribution in [1.82, 2.24) is 0 Å². The van der Waals surface area contributed by atoms with Gasteiger partial charge in [-0.25, -0.2) is 4.39 Å². The van der Waals surface area contributed by atoms with Gasteiger partial charge in [0.15, 0.2) is 17.3 Å². The van der Waals surface area contributed by atoms with Gasteiger partial charge < -0.3 is 4.74 Å². The summed E-state index contributed by atoms with van der Waals surface area (Å²) in [6.07, 6.45) is -4.86. The number of ether oxygens (including phenoxy) is 1. The molecule has 0 radical (unpaired) electrons. The van der Waals surface area contributed by atoms with Gasteiger partial charge in [0, 0.05) is 5.56 Å². The van der Waals surface area contributed by atoms with Crippen molar-refractivity contribution in [2.24, 2.45) is 0 Å². The van der Waals surface area contributed by atoms with Crippen molar-refractivity contribution in [2.75, 3.05) is 6.61 Å². The van der Waals surface area contributed by atoms with E-state index >= 15 is 0 Å². The van der Waals surface area contributed by atoms with Crippen LogP contribution in [0.2, 0.25) is 0 Å². The summed E-state index contributed by atoms with van der Waals surface area (Å²) in [5.74, 6) is -2.65. The molecule has 0 atom stereocenters. The maximum absolute atomic E-state index is 13.4. The van der Waals surface area contributed by atoms with Gasteiger partial charge in [0.05, 0.1) is 12.2 Å². The lowest BCUT2D eigenvalue weighted by molar-refractivity contribution is -0.140. The Morgan fingerprint density at radius 3 is 2.35 bits per heavy atom. The van der Waals surface area contributed by atoms with E-state index in [2.05, 4.69) is 0 Å². The summed E-state index contributed by atoms with van der Waals surface area (Å²) in [6, 6.07) is 1.45. The quantitative estimate of drug-likeness (QED) is 0.606. The molecule has 0 unspecified atom stereocenters. The van der Waals surface area contributed by atoms with Gasteiger partial charge in [0.2, 0.25) is 0 Å². The predicted octanol–water partition coefficient (Wildman–Crippen LogP) is 3.45. The molecule has 94 valence electrons. The largest absolute Gasteiger partial charge is 0.491 e. The minimum absolute atomic E-state index is 0.00950. The lowest BCUT2D eigenvalue weighted by Crippen LogP contribution is -2.12. The highest BCUT2D eigenvalue weighted by molar-refractivity contribution is 5.94. The number of carbonyl (C=O) groups is 1. The second-order valence-electron chi connectivity index (χ2n) is 3.32. The third-order valence-electron chi connectivity index (χ3n) is 2.05. The maximum Gasteiger partial charge on any atom is 0.419 e. The van der Waals surface area contributed by atoms with E-state index in [0.717, 1.165) is 13.0 Å². The SMILES string of the molecule is CCOc1cc(C(C)=O)cc(C(F)(F)F)c1F. The van der Waals surface area contributed by atoms with E-state index in [0.29, 0.717) is 6.07 Å². The molecule has 2 nitrogen and oxygen atoms in total. The van der Waals surface area contributed by atoms with Crippen LogP contribution in [0.5, 0.6) is 5.75 Å². The zero-order valence-electron chi connectivity index (χ0n) is 9.19. The van der Waals surface area contributed by atoms with Crippen LogP contribution in [0.3, 0.4) is 0 Å². The van der Waals surface area contributed by atoms with Crippen molar-refractivity contribution < 1.29 is 27.1 Å². The summed E-state index contributed by atoms with van der Waals surface area (Å²) < 4.78 is 55.7. The van der Waals surface area contributed by atoms with Gasteiger partial charge in [-0.15, -0.1) is 0 Å². The van der Waals surface area contributed by atoms with Crippen LogP contribution in [0.4, 0.5) is 17.6 Å². The van der Waals surface area contributed by atoms with Crippen LogP contribution in [0.15, 0.2) is 12.1 Å². The maximum atomic E-state index is 13.4. The third kappa shape index (κ3) is 2.95. The van der Waals surface area contributed by atoms with E-state index in [1.54, 1.807) is 0 Å². The first-order valence-electron chi connectivity index (χ1n) is 4.81. The van der Waals surface area contributed by atoms with Gasteiger partial charge in [-0.3, -0.25) is 4.79 Å². The summed E-state index contributed by atoms with van der Waals surface area (Å²) in [5.41, 5.74) is -1.73. The zero-order valence-corrected chi connectivity index (χ0v) is 9.19. The highest BCUT2D eigenvalue weighted by Crippen LogP contribution is 2.36. The molecule has 0 aliphatic carbocycles. The number of rotatable bonds is 3. The minimum atomic E-state index is -4.86. The number of hydrogen-bond acceptors (Lipinski definition) is 2. The molecule has 0 amide bonds. The Hall–Kier alpha value is -1.59. The number of Topliss-reactive ketones (excluding diaryl/α,β-unsaturated/α-hetero) is 1. The Balaban J connectivity index is 3.43. The molecule has 0 saturated heterocycles. The van der Waals surface area contributed by atoms with Crippen LogP contribution in [-0.2, 0) is 6.18 Å². The number of halogens is 4. The Morgan fingerprint density at radius 1 is 1.35 bits per heavy atom. The van der Waals surface area contributed by atoms with E-state index in [9.17, 15) is 22.4 Å². The standard InChI is InChI=1S/C11H10F4O2/c1-3-17-9-5-7(6(2)16)4-8(10(9)12)11(13,14)15/h4-5H,3H2,1-2H3. The second kappa shape index (κ2) is 4.73. The van der Waals surface area contributed by atoms with Crippen LogP contribution in [0.25, 0.3) is 0 Å². The summed E-state index contributed by atoms with van der Waals surface area (Å²) in [7, 11) is 0. The molecule has 0 saturated carbocycles. The fourth-order valence-corrected chi connectivity index (χ4v) is 1.27. The van der Waals surface area contributed by atoms with Gasteiger partial charge >= 0.3 is 6.18 Å². The van der Waals surface area contributed by atoms with Crippen molar-refractivity contribution in [1.29, 1.82) is 0 Å². The van der Waals surface area contributed by atoms with Crippen molar-refractivity contribution in [3.63, 3.8) is 0 Å². The first-order chi connectivity index (χ1) is 7.77. The fraction of sp³-hybridized carbons (Fsp3) is 0.364. The Morgan fingerprint density at radius 2 is 1.94 bits per heavy atom. The lowest BCUT2D eigenvalue weighted by Gasteiger charge is -2.13. The molecule has 0 aliphatic heterocycles. The molecule has 1 aromatic carbocycles. The van der Waals surface area contributed by atoms with Gasteiger partial charge in [0.1, 0.15) is 0 Å². The van der Waals surface area contributed by atoms with E-state index in [4.69, 9.17) is 4.74 Å². The molecule has 0 bridgehead atoms. The second-order valence-corrected chi connectivity index (χ2v) is 3.32. The number of benzene rings is 1. The first-order valence-corrected chi connectivity index (χ1v) is 4.81. The predicted molar refractivity (Wildman–Crippen MR) is 52.6 cm³/mol. The average Bonchev–Trinajstić information content (AvgIpc) is 2.19. The molecule has 1 rings (SSSR count). The van der Waals surface area contributed by atoms with E-state index in [-0.39, 0.29) is 12.2 Å².